The monoisotopic (exact) mass is 664 g/mol. The Morgan fingerprint density at radius 2 is 0.867 bits per heavy atom. The molecule has 0 fully saturated rings. The number of carbonyl (C=O) groups is 2. The van der Waals surface area contributed by atoms with Gasteiger partial charge in [-0.3, -0.25) is 0 Å². The predicted molar refractivity (Wildman–Crippen MR) is 160 cm³/mol. The zero-order valence-electron chi connectivity index (χ0n) is 24.2. The number of rotatable bonds is 6. The Hall–Kier alpha value is -3.02. The minimum absolute atomic E-state index is 0. The molecule has 220 valence electrons. The molecule has 12 nitrogen and oxygen atoms in total. The van der Waals surface area contributed by atoms with E-state index in [2.05, 4.69) is 21.3 Å². The first-order chi connectivity index (χ1) is 20.2. The number of hydrogen-bond acceptors (Lipinski definition) is 8. The third-order valence-corrected chi connectivity index (χ3v) is 8.12. The maximum absolute atomic E-state index is 12.7. The van der Waals surface area contributed by atoms with E-state index in [0.29, 0.717) is 44.3 Å². The van der Waals surface area contributed by atoms with Crippen LogP contribution in [0.3, 0.4) is 0 Å². The molecular formula is C29H22N4Na2O8S2. The van der Waals surface area contributed by atoms with Gasteiger partial charge >= 0.3 is 71.2 Å². The molecule has 5 aromatic carbocycles. The summed E-state index contributed by atoms with van der Waals surface area (Å²) in [7, 11) is -9.18. The van der Waals surface area contributed by atoms with E-state index in [0.717, 1.165) is 5.56 Å². The second kappa shape index (κ2) is 14.6. The number of hydrogen-bond donors (Lipinski definition) is 4. The van der Waals surface area contributed by atoms with Gasteiger partial charge in [-0.1, -0.05) is 30.3 Å². The van der Waals surface area contributed by atoms with Crippen LogP contribution in [0.4, 0.5) is 32.3 Å². The topological polar surface area (TPSA) is 197 Å². The summed E-state index contributed by atoms with van der Waals surface area (Å²) in [6.07, 6.45) is 0. The van der Waals surface area contributed by atoms with Crippen molar-refractivity contribution in [2.45, 2.75) is 16.7 Å². The van der Waals surface area contributed by atoms with Crippen LogP contribution < -0.4 is 80.4 Å². The van der Waals surface area contributed by atoms with Crippen LogP contribution in [0.25, 0.3) is 21.5 Å². The standard InChI is InChI=1S/C29H24N4O8S2.2Na/c1-17-2-7-24(32-28(34)30-22-8-3-20-14-25(42(36,37)38)10-5-18(20)12-22)16-27(17)33-29(35)31-23-9-4-21-15-26(43(39,40)41)11-6-19(21)13-23;;/h2-16H,1H3,(H2,30,32,34)(H2,31,33,35)(H,36,37,38)(H,39,40,41);;/q;2*+1/p-2. The van der Waals surface area contributed by atoms with Gasteiger partial charge in [0.2, 0.25) is 0 Å². The Morgan fingerprint density at radius 3 is 1.31 bits per heavy atom. The minimum Gasteiger partial charge on any atom is -0.744 e. The predicted octanol–water partition coefficient (Wildman–Crippen LogP) is -0.594. The largest absolute Gasteiger partial charge is 1.00 e. The van der Waals surface area contributed by atoms with Crippen molar-refractivity contribution in [1.29, 1.82) is 0 Å². The van der Waals surface area contributed by atoms with Crippen LogP contribution in [0.1, 0.15) is 5.56 Å². The maximum Gasteiger partial charge on any atom is 1.00 e. The first-order valence-electron chi connectivity index (χ1n) is 12.5. The summed E-state index contributed by atoms with van der Waals surface area (Å²) < 4.78 is 67.6. The van der Waals surface area contributed by atoms with Crippen molar-refractivity contribution in [3.8, 4) is 0 Å². The van der Waals surface area contributed by atoms with Gasteiger partial charge in [-0.25, -0.2) is 26.4 Å². The van der Waals surface area contributed by atoms with Crippen molar-refractivity contribution in [1.82, 2.24) is 0 Å². The molecule has 0 aliphatic carbocycles. The molecule has 0 radical (unpaired) electrons. The van der Waals surface area contributed by atoms with Crippen molar-refractivity contribution < 1.29 is 94.6 Å². The van der Waals surface area contributed by atoms with Crippen molar-refractivity contribution in [3.05, 3.63) is 96.6 Å². The average Bonchev–Trinajstić information content (AvgIpc) is 2.93. The fourth-order valence-electron chi connectivity index (χ4n) is 4.33. The fraction of sp³-hybridized carbons (Fsp3) is 0.0345. The molecule has 16 heteroatoms. The van der Waals surface area contributed by atoms with Crippen LogP contribution in [-0.2, 0) is 20.2 Å². The molecule has 0 aromatic heterocycles. The summed E-state index contributed by atoms with van der Waals surface area (Å²) in [5, 5.41) is 13.1. The number of amides is 4. The molecule has 0 aliphatic heterocycles. The van der Waals surface area contributed by atoms with E-state index in [9.17, 15) is 35.5 Å². The molecule has 4 amide bonds. The van der Waals surface area contributed by atoms with Crippen LogP contribution in [0.5, 0.6) is 0 Å². The Kier molecular flexibility index (Phi) is 11.8. The molecule has 0 saturated carbocycles. The number of anilines is 4. The van der Waals surface area contributed by atoms with Crippen molar-refractivity contribution in [2.24, 2.45) is 0 Å². The zero-order chi connectivity index (χ0) is 30.9. The Labute approximate surface area is 303 Å². The Bertz CT molecular complexity index is 2160. The van der Waals surface area contributed by atoms with Gasteiger partial charge in [0.15, 0.2) is 0 Å². The Morgan fingerprint density at radius 1 is 0.511 bits per heavy atom. The SMILES string of the molecule is Cc1ccc(NC(=O)Nc2ccc3cc(S(=O)(=O)[O-])ccc3c2)cc1NC(=O)Nc1ccc2cc(S(=O)(=O)[O-])ccc2c1.[Na+].[Na+]. The number of nitrogens with one attached hydrogen (secondary N) is 4. The first kappa shape index (κ1) is 36.4. The molecular weight excluding hydrogens is 642 g/mol. The minimum atomic E-state index is -4.59. The van der Waals surface area contributed by atoms with Gasteiger partial charge in [0.05, 0.1) is 9.79 Å². The third-order valence-electron chi connectivity index (χ3n) is 6.46. The number of aryl methyl sites for hydroxylation is 1. The average molecular weight is 665 g/mol. The van der Waals surface area contributed by atoms with Gasteiger partial charge < -0.3 is 30.4 Å². The van der Waals surface area contributed by atoms with E-state index >= 15 is 0 Å². The molecule has 0 saturated heterocycles. The van der Waals surface area contributed by atoms with Crippen molar-refractivity contribution in [3.63, 3.8) is 0 Å². The molecule has 5 rings (SSSR count). The van der Waals surface area contributed by atoms with Crippen molar-refractivity contribution in [2.75, 3.05) is 21.3 Å². The molecule has 0 unspecified atom stereocenters. The summed E-state index contributed by atoms with van der Waals surface area (Å²) in [6.45, 7) is 1.77. The molecule has 4 N–H and O–H groups in total. The Balaban J connectivity index is 0.00000276. The van der Waals surface area contributed by atoms with Crippen LogP contribution in [0, 0.1) is 6.92 Å². The van der Waals surface area contributed by atoms with E-state index < -0.39 is 32.3 Å². The second-order valence-corrected chi connectivity index (χ2v) is 12.3. The van der Waals surface area contributed by atoms with Gasteiger partial charge in [-0.15, -0.1) is 0 Å². The number of benzene rings is 5. The smallest absolute Gasteiger partial charge is 0.744 e. The normalized spacial score (nSPS) is 11.2. The number of fused-ring (bicyclic) bond motifs is 2. The van der Waals surface area contributed by atoms with Crippen LogP contribution in [-0.4, -0.2) is 38.0 Å². The van der Waals surface area contributed by atoms with Gasteiger partial charge in [0.25, 0.3) is 0 Å². The van der Waals surface area contributed by atoms with E-state index in [1.54, 1.807) is 61.5 Å². The quantitative estimate of drug-likeness (QED) is 0.136. The van der Waals surface area contributed by atoms with Crippen LogP contribution >= 0.6 is 0 Å². The van der Waals surface area contributed by atoms with Gasteiger partial charge in [0, 0.05) is 22.7 Å². The van der Waals surface area contributed by atoms with E-state index in [4.69, 9.17) is 0 Å². The summed E-state index contributed by atoms with van der Waals surface area (Å²) in [5.74, 6) is 0. The molecule has 0 heterocycles. The van der Waals surface area contributed by atoms with Gasteiger partial charge in [-0.05, 0) is 94.7 Å². The number of urea groups is 2. The molecule has 0 spiro atoms. The van der Waals surface area contributed by atoms with Gasteiger partial charge in [-0.2, -0.15) is 0 Å². The third kappa shape index (κ3) is 9.26. The van der Waals surface area contributed by atoms with Crippen LogP contribution in [0.2, 0.25) is 0 Å². The molecule has 5 aromatic rings. The molecule has 0 aliphatic rings. The second-order valence-electron chi connectivity index (χ2n) is 9.54. The summed E-state index contributed by atoms with van der Waals surface area (Å²) >= 11 is 0. The summed E-state index contributed by atoms with van der Waals surface area (Å²) in [5.41, 5.74) is 2.39. The maximum atomic E-state index is 12.7. The molecule has 0 atom stereocenters. The summed E-state index contributed by atoms with van der Waals surface area (Å²) in [4.78, 5) is 24.7. The number of carbonyl (C=O) groups excluding carboxylic acids is 2. The molecule has 45 heavy (non-hydrogen) atoms. The molecule has 0 bridgehead atoms. The van der Waals surface area contributed by atoms with Gasteiger partial charge in [0.1, 0.15) is 20.2 Å². The van der Waals surface area contributed by atoms with Crippen LogP contribution in [0.15, 0.2) is 101 Å². The first-order valence-corrected chi connectivity index (χ1v) is 15.3. The van der Waals surface area contributed by atoms with Crippen molar-refractivity contribution >= 4 is 76.6 Å². The fourth-order valence-corrected chi connectivity index (χ4v) is 5.34. The van der Waals surface area contributed by atoms with E-state index in [1.807, 2.05) is 0 Å². The van der Waals surface area contributed by atoms with E-state index in [1.165, 1.54) is 36.4 Å². The zero-order valence-corrected chi connectivity index (χ0v) is 29.9. The summed E-state index contributed by atoms with van der Waals surface area (Å²) in [6, 6.07) is 21.2. The van der Waals surface area contributed by atoms with E-state index in [-0.39, 0.29) is 68.9 Å².